The number of likely N-dealkylation sites (tertiary alicyclic amines) is 1. The van der Waals surface area contributed by atoms with Crippen LogP contribution < -0.4 is 5.84 Å². The summed E-state index contributed by atoms with van der Waals surface area (Å²) in [6.45, 7) is 3.43. The molecule has 21 heavy (non-hydrogen) atoms. The molecule has 2 fully saturated rings. The second-order valence-electron chi connectivity index (χ2n) is 5.59. The first-order valence-corrected chi connectivity index (χ1v) is 7.30. The van der Waals surface area contributed by atoms with Crippen LogP contribution in [0.5, 0.6) is 0 Å². The van der Waals surface area contributed by atoms with Gasteiger partial charge < -0.3 is 4.90 Å². The van der Waals surface area contributed by atoms with E-state index in [9.17, 15) is 9.18 Å². The number of hydrazine groups is 1. The Morgan fingerprint density at radius 1 is 1.38 bits per heavy atom. The van der Waals surface area contributed by atoms with Crippen molar-refractivity contribution in [3.05, 3.63) is 12.2 Å². The van der Waals surface area contributed by atoms with E-state index < -0.39 is 6.17 Å². The van der Waals surface area contributed by atoms with Crippen molar-refractivity contribution in [2.24, 2.45) is 5.84 Å². The number of carbonyl (C=O) groups is 1. The number of hydrogen-bond acceptors (Lipinski definition) is 5. The molecule has 2 saturated heterocycles. The number of nitrogens with two attached hydrogens (primary N) is 1. The SMILES string of the molecule is N#CC[C@H]1CN(N)CCN1C(=O)/C=C/CN1CCC(F)C1. The summed E-state index contributed by atoms with van der Waals surface area (Å²) >= 11 is 0. The zero-order chi connectivity index (χ0) is 15.2. The molecule has 2 N–H and O–H groups in total. The predicted octanol–water partition coefficient (Wildman–Crippen LogP) is -0.113. The lowest BCUT2D eigenvalue weighted by Crippen LogP contribution is -2.56. The van der Waals surface area contributed by atoms with Gasteiger partial charge in [-0.05, 0) is 6.42 Å². The standard InChI is InChI=1S/C14H22FN5O/c15-12-4-7-18(10-12)6-1-2-14(21)20-9-8-19(17)11-13(20)3-5-16/h1-2,12-13H,3-4,6-11,17H2/b2-1+/t12?,13-/m0/s1. The highest BCUT2D eigenvalue weighted by molar-refractivity contribution is 5.88. The summed E-state index contributed by atoms with van der Waals surface area (Å²) in [6, 6.07) is 1.94. The Morgan fingerprint density at radius 3 is 2.86 bits per heavy atom. The van der Waals surface area contributed by atoms with E-state index in [2.05, 4.69) is 6.07 Å². The van der Waals surface area contributed by atoms with Crippen molar-refractivity contribution in [1.82, 2.24) is 14.8 Å². The molecule has 0 aromatic carbocycles. The fourth-order valence-corrected chi connectivity index (χ4v) is 2.80. The van der Waals surface area contributed by atoms with E-state index in [1.165, 1.54) is 6.08 Å². The second-order valence-corrected chi connectivity index (χ2v) is 5.59. The Hall–Kier alpha value is -1.49. The van der Waals surface area contributed by atoms with Gasteiger partial charge in [-0.15, -0.1) is 0 Å². The molecule has 2 aliphatic rings. The minimum absolute atomic E-state index is 0.0978. The lowest BCUT2D eigenvalue weighted by atomic mass is 10.1. The molecule has 1 amide bonds. The van der Waals surface area contributed by atoms with Crippen LogP contribution in [0.1, 0.15) is 12.8 Å². The third-order valence-electron chi connectivity index (χ3n) is 3.96. The molecule has 2 aliphatic heterocycles. The molecule has 2 rings (SSSR count). The smallest absolute Gasteiger partial charge is 0.246 e. The van der Waals surface area contributed by atoms with Gasteiger partial charge in [0.1, 0.15) is 6.17 Å². The van der Waals surface area contributed by atoms with Gasteiger partial charge in [-0.3, -0.25) is 15.5 Å². The van der Waals surface area contributed by atoms with Crippen LogP contribution in [-0.4, -0.2) is 72.2 Å². The van der Waals surface area contributed by atoms with Crippen molar-refractivity contribution in [1.29, 1.82) is 5.26 Å². The zero-order valence-corrected chi connectivity index (χ0v) is 12.1. The Bertz CT molecular complexity index is 436. The van der Waals surface area contributed by atoms with E-state index in [-0.39, 0.29) is 18.4 Å². The first-order valence-electron chi connectivity index (χ1n) is 7.30. The van der Waals surface area contributed by atoms with Crippen LogP contribution in [0.4, 0.5) is 4.39 Å². The van der Waals surface area contributed by atoms with Crippen molar-refractivity contribution >= 4 is 5.91 Å². The van der Waals surface area contributed by atoms with Gasteiger partial charge in [-0.2, -0.15) is 5.26 Å². The number of halogens is 1. The van der Waals surface area contributed by atoms with Crippen LogP contribution in [0.15, 0.2) is 12.2 Å². The van der Waals surface area contributed by atoms with E-state index >= 15 is 0 Å². The number of nitriles is 1. The summed E-state index contributed by atoms with van der Waals surface area (Å²) < 4.78 is 13.0. The molecule has 0 saturated carbocycles. The molecule has 0 aromatic heterocycles. The maximum absolute atomic E-state index is 13.0. The van der Waals surface area contributed by atoms with Crippen molar-refractivity contribution < 1.29 is 9.18 Å². The van der Waals surface area contributed by atoms with E-state index in [1.54, 1.807) is 16.0 Å². The van der Waals surface area contributed by atoms with Crippen molar-refractivity contribution in [2.75, 3.05) is 39.3 Å². The minimum atomic E-state index is -0.744. The number of amides is 1. The van der Waals surface area contributed by atoms with Gasteiger partial charge in [0.15, 0.2) is 0 Å². The lowest BCUT2D eigenvalue weighted by molar-refractivity contribution is -0.130. The molecule has 1 unspecified atom stereocenters. The predicted molar refractivity (Wildman–Crippen MR) is 76.6 cm³/mol. The first-order chi connectivity index (χ1) is 10.1. The van der Waals surface area contributed by atoms with Gasteiger partial charge in [-0.25, -0.2) is 9.40 Å². The van der Waals surface area contributed by atoms with Crippen LogP contribution in [-0.2, 0) is 4.79 Å². The Kier molecular flexibility index (Phi) is 5.67. The van der Waals surface area contributed by atoms with Gasteiger partial charge in [0.05, 0.1) is 18.5 Å². The molecule has 7 heteroatoms. The first kappa shape index (κ1) is 15.9. The maximum Gasteiger partial charge on any atom is 0.246 e. The molecule has 0 radical (unpaired) electrons. The summed E-state index contributed by atoms with van der Waals surface area (Å²) in [4.78, 5) is 15.9. The van der Waals surface area contributed by atoms with Gasteiger partial charge in [0.2, 0.25) is 5.91 Å². The van der Waals surface area contributed by atoms with Crippen molar-refractivity contribution in [3.63, 3.8) is 0 Å². The van der Waals surface area contributed by atoms with E-state index in [0.29, 0.717) is 39.1 Å². The fourth-order valence-electron chi connectivity index (χ4n) is 2.80. The van der Waals surface area contributed by atoms with Crippen LogP contribution >= 0.6 is 0 Å². The average molecular weight is 295 g/mol. The van der Waals surface area contributed by atoms with Gasteiger partial charge >= 0.3 is 0 Å². The summed E-state index contributed by atoms with van der Waals surface area (Å²) in [5.74, 6) is 5.64. The number of alkyl halides is 1. The molecular weight excluding hydrogens is 273 g/mol. The van der Waals surface area contributed by atoms with Crippen molar-refractivity contribution in [3.8, 4) is 6.07 Å². The topological polar surface area (TPSA) is 76.6 Å². The molecular formula is C14H22FN5O. The quantitative estimate of drug-likeness (QED) is 0.578. The van der Waals surface area contributed by atoms with Crippen LogP contribution in [0.2, 0.25) is 0 Å². The number of nitrogens with zero attached hydrogens (tertiary/aromatic N) is 4. The highest BCUT2D eigenvalue weighted by atomic mass is 19.1. The normalized spacial score (nSPS) is 28.1. The van der Waals surface area contributed by atoms with Gasteiger partial charge in [-0.1, -0.05) is 6.08 Å². The van der Waals surface area contributed by atoms with E-state index in [0.717, 1.165) is 6.54 Å². The van der Waals surface area contributed by atoms with Crippen LogP contribution in [0.25, 0.3) is 0 Å². The lowest BCUT2D eigenvalue weighted by Gasteiger charge is -2.38. The zero-order valence-electron chi connectivity index (χ0n) is 12.1. The summed E-state index contributed by atoms with van der Waals surface area (Å²) in [5.41, 5.74) is 0. The minimum Gasteiger partial charge on any atom is -0.332 e. The van der Waals surface area contributed by atoms with Gasteiger partial charge in [0, 0.05) is 45.3 Å². The molecule has 2 atom stereocenters. The van der Waals surface area contributed by atoms with E-state index in [1.807, 2.05) is 4.90 Å². The summed E-state index contributed by atoms with van der Waals surface area (Å²) in [6.07, 6.45) is 3.42. The number of piperazine rings is 1. The highest BCUT2D eigenvalue weighted by Crippen LogP contribution is 2.13. The highest BCUT2D eigenvalue weighted by Gasteiger charge is 2.28. The monoisotopic (exact) mass is 295 g/mol. The molecule has 116 valence electrons. The molecule has 2 heterocycles. The largest absolute Gasteiger partial charge is 0.332 e. The number of carbonyl (C=O) groups excluding carboxylic acids is 1. The van der Waals surface area contributed by atoms with Crippen LogP contribution in [0, 0.1) is 11.3 Å². The number of rotatable bonds is 4. The number of hydrogen-bond donors (Lipinski definition) is 1. The summed E-state index contributed by atoms with van der Waals surface area (Å²) in [5, 5.41) is 10.5. The maximum atomic E-state index is 13.0. The third kappa shape index (κ3) is 4.49. The van der Waals surface area contributed by atoms with E-state index in [4.69, 9.17) is 11.1 Å². The van der Waals surface area contributed by atoms with Gasteiger partial charge in [0.25, 0.3) is 0 Å². The van der Waals surface area contributed by atoms with Crippen molar-refractivity contribution in [2.45, 2.75) is 25.1 Å². The second kappa shape index (κ2) is 7.50. The molecule has 0 spiro atoms. The molecule has 0 bridgehead atoms. The molecule has 0 aliphatic carbocycles. The Labute approximate surface area is 124 Å². The Morgan fingerprint density at radius 2 is 2.19 bits per heavy atom. The summed E-state index contributed by atoms with van der Waals surface area (Å²) in [7, 11) is 0. The Balaban J connectivity index is 1.84. The fraction of sp³-hybridized carbons (Fsp3) is 0.714. The van der Waals surface area contributed by atoms with Crippen LogP contribution in [0.3, 0.4) is 0 Å². The molecule has 0 aromatic rings. The third-order valence-corrected chi connectivity index (χ3v) is 3.96. The average Bonchev–Trinajstić information content (AvgIpc) is 2.85. The molecule has 6 nitrogen and oxygen atoms in total.